The highest BCUT2D eigenvalue weighted by Gasteiger charge is 2.49. The molecule has 2 aromatic heterocycles. The molecule has 3 N–H and O–H groups in total. The van der Waals surface area contributed by atoms with Crippen LogP contribution < -0.4 is 5.32 Å². The molecule has 2 aliphatic carbocycles. The Balaban J connectivity index is 1.44. The summed E-state index contributed by atoms with van der Waals surface area (Å²) in [5.74, 6) is -0.112. The highest BCUT2D eigenvalue weighted by molar-refractivity contribution is 7.15. The van der Waals surface area contributed by atoms with Gasteiger partial charge in [-0.05, 0) is 85.8 Å². The Morgan fingerprint density at radius 1 is 1.18 bits per heavy atom. The van der Waals surface area contributed by atoms with Gasteiger partial charge in [0.15, 0.2) is 0 Å². The molecule has 2 heterocycles. The highest BCUT2D eigenvalue weighted by atomic mass is 32.1. The van der Waals surface area contributed by atoms with Crippen LogP contribution in [-0.4, -0.2) is 31.1 Å². The topological polar surface area (TPSA) is 108 Å². The van der Waals surface area contributed by atoms with Crippen molar-refractivity contribution in [3.8, 4) is 10.4 Å². The normalized spacial score (nSPS) is 24.1. The molecule has 7 nitrogen and oxygen atoms in total. The fourth-order valence-electron chi connectivity index (χ4n) is 5.16. The molecular formula is C26H30N4O3S. The molecule has 3 aromatic rings. The number of carboxylic acid groups (broad SMARTS) is 1. The largest absolute Gasteiger partial charge is 0.481 e. The van der Waals surface area contributed by atoms with Crippen LogP contribution in [0.5, 0.6) is 0 Å². The van der Waals surface area contributed by atoms with Crippen molar-refractivity contribution < 1.29 is 15.0 Å². The summed E-state index contributed by atoms with van der Waals surface area (Å²) in [5, 5.41) is 25.1. The monoisotopic (exact) mass is 478 g/mol. The van der Waals surface area contributed by atoms with Gasteiger partial charge in [-0.15, -0.1) is 11.3 Å². The molecule has 0 radical (unpaired) electrons. The minimum Gasteiger partial charge on any atom is -0.481 e. The second-order valence-electron chi connectivity index (χ2n) is 10.4. The molecule has 8 heteroatoms. The lowest BCUT2D eigenvalue weighted by Gasteiger charge is -2.44. The predicted molar refractivity (Wildman–Crippen MR) is 132 cm³/mol. The van der Waals surface area contributed by atoms with Crippen molar-refractivity contribution in [1.82, 2.24) is 15.0 Å². The second kappa shape index (κ2) is 8.43. The van der Waals surface area contributed by atoms with Crippen molar-refractivity contribution in [2.45, 2.75) is 64.4 Å². The van der Waals surface area contributed by atoms with Crippen LogP contribution in [0.1, 0.15) is 68.1 Å². The Morgan fingerprint density at radius 2 is 1.97 bits per heavy atom. The number of carboxylic acids is 1. The molecule has 2 aliphatic rings. The standard InChI is InChI=1S/C26H30N4O3S/c1-15-7-9-27-24(29-15)30-19-11-17(16-4-5-16)10-18(12-19)21-13-28-23(34-21)26(33)8-6-20(22(31)32)25(2,3)14-26/h7,9-13,16,20,33H,4-6,8,14H2,1-3H3,(H,31,32)(H,27,29,30)/t20-,26-/m1/s1. The van der Waals surface area contributed by atoms with E-state index >= 15 is 0 Å². The Morgan fingerprint density at radius 3 is 2.65 bits per heavy atom. The van der Waals surface area contributed by atoms with Crippen LogP contribution in [0.25, 0.3) is 10.4 Å². The summed E-state index contributed by atoms with van der Waals surface area (Å²) in [6, 6.07) is 8.32. The molecule has 34 heavy (non-hydrogen) atoms. The van der Waals surface area contributed by atoms with Gasteiger partial charge in [0.05, 0.1) is 10.8 Å². The number of rotatable bonds is 6. The van der Waals surface area contributed by atoms with Crippen LogP contribution >= 0.6 is 11.3 Å². The molecule has 0 spiro atoms. The van der Waals surface area contributed by atoms with Crippen LogP contribution in [0.15, 0.2) is 36.7 Å². The van der Waals surface area contributed by atoms with Gasteiger partial charge in [0.2, 0.25) is 5.95 Å². The fourth-order valence-corrected chi connectivity index (χ4v) is 6.18. The van der Waals surface area contributed by atoms with E-state index in [2.05, 4.69) is 38.5 Å². The molecule has 5 rings (SSSR count). The Kier molecular flexibility index (Phi) is 5.68. The first-order valence-electron chi connectivity index (χ1n) is 11.8. The zero-order valence-electron chi connectivity index (χ0n) is 19.7. The number of aliphatic carboxylic acids is 1. The summed E-state index contributed by atoms with van der Waals surface area (Å²) in [6.45, 7) is 5.79. The zero-order valence-corrected chi connectivity index (χ0v) is 20.5. The van der Waals surface area contributed by atoms with E-state index in [-0.39, 0.29) is 0 Å². The molecule has 2 atom stereocenters. The average Bonchev–Trinajstić information content (AvgIpc) is 3.48. The molecular weight excluding hydrogens is 448 g/mol. The van der Waals surface area contributed by atoms with Gasteiger partial charge in [0.1, 0.15) is 10.6 Å². The number of nitrogens with one attached hydrogen (secondary N) is 1. The quantitative estimate of drug-likeness (QED) is 0.421. The summed E-state index contributed by atoms with van der Waals surface area (Å²) in [6.07, 6.45) is 7.17. The number of benzene rings is 1. The Hall–Kier alpha value is -2.84. The molecule has 0 unspecified atom stereocenters. The van der Waals surface area contributed by atoms with E-state index in [1.165, 1.54) is 29.7 Å². The van der Waals surface area contributed by atoms with Gasteiger partial charge in [-0.2, -0.15) is 0 Å². The van der Waals surface area contributed by atoms with Crippen molar-refractivity contribution in [2.75, 3.05) is 5.32 Å². The lowest BCUT2D eigenvalue weighted by atomic mass is 9.63. The first-order chi connectivity index (χ1) is 16.1. The number of carbonyl (C=O) groups is 1. The van der Waals surface area contributed by atoms with Crippen LogP contribution in [0.3, 0.4) is 0 Å². The Labute approximate surface area is 203 Å². The van der Waals surface area contributed by atoms with Gasteiger partial charge in [0, 0.05) is 23.8 Å². The predicted octanol–water partition coefficient (Wildman–Crippen LogP) is 5.63. The van der Waals surface area contributed by atoms with Gasteiger partial charge in [-0.3, -0.25) is 4.79 Å². The fraction of sp³-hybridized carbons (Fsp3) is 0.462. The van der Waals surface area contributed by atoms with E-state index in [4.69, 9.17) is 0 Å². The van der Waals surface area contributed by atoms with E-state index in [9.17, 15) is 15.0 Å². The second-order valence-corrected chi connectivity index (χ2v) is 11.5. The highest BCUT2D eigenvalue weighted by Crippen LogP contribution is 2.51. The maximum atomic E-state index is 11.7. The molecule has 2 saturated carbocycles. The first kappa shape index (κ1) is 22.9. The van der Waals surface area contributed by atoms with Gasteiger partial charge < -0.3 is 15.5 Å². The molecule has 0 amide bonds. The third-order valence-electron chi connectivity index (χ3n) is 7.08. The van der Waals surface area contributed by atoms with Crippen molar-refractivity contribution in [2.24, 2.45) is 11.3 Å². The van der Waals surface area contributed by atoms with Crippen molar-refractivity contribution in [3.63, 3.8) is 0 Å². The molecule has 2 fully saturated rings. The smallest absolute Gasteiger partial charge is 0.307 e. The van der Waals surface area contributed by atoms with Crippen LogP contribution in [0.2, 0.25) is 0 Å². The number of aromatic nitrogens is 3. The number of thiazole rings is 1. The number of anilines is 2. The summed E-state index contributed by atoms with van der Waals surface area (Å²) in [5.41, 5.74) is 2.54. The lowest BCUT2D eigenvalue weighted by Crippen LogP contribution is -2.44. The van der Waals surface area contributed by atoms with Crippen molar-refractivity contribution in [3.05, 3.63) is 52.9 Å². The van der Waals surface area contributed by atoms with E-state index in [0.717, 1.165) is 21.8 Å². The maximum absolute atomic E-state index is 11.7. The summed E-state index contributed by atoms with van der Waals surface area (Å²) in [7, 11) is 0. The van der Waals surface area contributed by atoms with Gasteiger partial charge >= 0.3 is 5.97 Å². The van der Waals surface area contributed by atoms with E-state index < -0.39 is 22.9 Å². The molecule has 178 valence electrons. The van der Waals surface area contributed by atoms with Crippen LogP contribution in [0.4, 0.5) is 11.6 Å². The number of aryl methyl sites for hydroxylation is 1. The number of hydrogen-bond acceptors (Lipinski definition) is 7. The van der Waals surface area contributed by atoms with Crippen LogP contribution in [-0.2, 0) is 10.4 Å². The first-order valence-corrected chi connectivity index (χ1v) is 12.6. The Bertz CT molecular complexity index is 1240. The number of hydrogen-bond donors (Lipinski definition) is 3. The van der Waals surface area contributed by atoms with Gasteiger partial charge in [-0.25, -0.2) is 15.0 Å². The van der Waals surface area contributed by atoms with E-state index in [0.29, 0.717) is 36.1 Å². The SMILES string of the molecule is Cc1ccnc(Nc2cc(-c3cnc([C@@]4(O)CC[C@H](C(=O)O)C(C)(C)C4)s3)cc(C3CC3)c2)n1. The number of nitrogens with zero attached hydrogens (tertiary/aromatic N) is 3. The van der Waals surface area contributed by atoms with Gasteiger partial charge in [-0.1, -0.05) is 13.8 Å². The minimum atomic E-state index is -1.11. The van der Waals surface area contributed by atoms with E-state index in [1.54, 1.807) is 6.20 Å². The van der Waals surface area contributed by atoms with Crippen LogP contribution in [0, 0.1) is 18.3 Å². The minimum absolute atomic E-state index is 0.379. The molecule has 0 bridgehead atoms. The lowest BCUT2D eigenvalue weighted by molar-refractivity contribution is -0.154. The van der Waals surface area contributed by atoms with Crippen molar-refractivity contribution >= 4 is 28.9 Å². The van der Waals surface area contributed by atoms with Gasteiger partial charge in [0.25, 0.3) is 0 Å². The molecule has 0 saturated heterocycles. The third-order valence-corrected chi connectivity index (χ3v) is 8.32. The molecule has 0 aliphatic heterocycles. The zero-order chi connectivity index (χ0) is 24.1. The number of aliphatic hydroxyl groups is 1. The van der Waals surface area contributed by atoms with E-state index in [1.807, 2.05) is 33.0 Å². The summed E-state index contributed by atoms with van der Waals surface area (Å²) in [4.78, 5) is 26.1. The average molecular weight is 479 g/mol. The summed E-state index contributed by atoms with van der Waals surface area (Å²) < 4.78 is 0. The summed E-state index contributed by atoms with van der Waals surface area (Å²) >= 11 is 1.49. The maximum Gasteiger partial charge on any atom is 0.307 e. The van der Waals surface area contributed by atoms with Crippen molar-refractivity contribution in [1.29, 1.82) is 0 Å². The third kappa shape index (κ3) is 4.57. The molecule has 1 aromatic carbocycles.